The van der Waals surface area contributed by atoms with Crippen molar-refractivity contribution in [3.63, 3.8) is 0 Å². The zero-order valence-corrected chi connectivity index (χ0v) is 9.20. The molecule has 2 atom stereocenters. The first-order chi connectivity index (χ1) is 6.59. The molecule has 3 heteroatoms. The van der Waals surface area contributed by atoms with E-state index in [1.54, 1.807) is 0 Å². The predicted octanol–water partition coefficient (Wildman–Crippen LogP) is 1.83. The van der Waals surface area contributed by atoms with Gasteiger partial charge in [-0.05, 0) is 44.7 Å². The molecule has 1 N–H and O–H groups in total. The third kappa shape index (κ3) is 4.61. The molecule has 14 heavy (non-hydrogen) atoms. The summed E-state index contributed by atoms with van der Waals surface area (Å²) < 4.78 is 0. The summed E-state index contributed by atoms with van der Waals surface area (Å²) in [5.74, 6) is 1.14. The molecule has 0 aromatic rings. The van der Waals surface area contributed by atoms with Crippen LogP contribution in [0.3, 0.4) is 0 Å². The molecule has 1 saturated carbocycles. The molecule has 1 aliphatic rings. The fourth-order valence-electron chi connectivity index (χ4n) is 1.80. The van der Waals surface area contributed by atoms with Gasteiger partial charge in [0.15, 0.2) is 0 Å². The standard InChI is InChI=1S/C11H21NO2/c1-9-7-10(9)8-12(2)6-4-3-5-11(13)14/h9-10H,3-8H2,1-2H3,(H,13,14). The van der Waals surface area contributed by atoms with E-state index in [2.05, 4.69) is 18.9 Å². The average molecular weight is 199 g/mol. The van der Waals surface area contributed by atoms with Gasteiger partial charge in [0, 0.05) is 13.0 Å². The van der Waals surface area contributed by atoms with E-state index in [1.165, 1.54) is 13.0 Å². The minimum atomic E-state index is -0.677. The number of rotatable bonds is 7. The zero-order chi connectivity index (χ0) is 10.6. The van der Waals surface area contributed by atoms with E-state index >= 15 is 0 Å². The summed E-state index contributed by atoms with van der Waals surface area (Å²) in [6, 6.07) is 0. The lowest BCUT2D eigenvalue weighted by molar-refractivity contribution is -0.137. The molecule has 0 aliphatic heterocycles. The zero-order valence-electron chi connectivity index (χ0n) is 9.20. The van der Waals surface area contributed by atoms with E-state index < -0.39 is 5.97 Å². The summed E-state index contributed by atoms with van der Waals surface area (Å²) in [5, 5.41) is 8.46. The predicted molar refractivity (Wildman–Crippen MR) is 56.3 cm³/mol. The first kappa shape index (κ1) is 11.5. The van der Waals surface area contributed by atoms with Crippen molar-refractivity contribution in [1.29, 1.82) is 0 Å². The quantitative estimate of drug-likeness (QED) is 0.636. The van der Waals surface area contributed by atoms with Crippen LogP contribution >= 0.6 is 0 Å². The van der Waals surface area contributed by atoms with E-state index in [4.69, 9.17) is 5.11 Å². The van der Waals surface area contributed by atoms with E-state index in [-0.39, 0.29) is 0 Å². The van der Waals surface area contributed by atoms with E-state index in [0.29, 0.717) is 6.42 Å². The van der Waals surface area contributed by atoms with E-state index in [0.717, 1.165) is 31.2 Å². The smallest absolute Gasteiger partial charge is 0.303 e. The van der Waals surface area contributed by atoms with Crippen LogP contribution in [0.1, 0.15) is 32.6 Å². The van der Waals surface area contributed by atoms with Gasteiger partial charge in [-0.15, -0.1) is 0 Å². The molecule has 0 bridgehead atoms. The van der Waals surface area contributed by atoms with Gasteiger partial charge >= 0.3 is 5.97 Å². The number of aliphatic carboxylic acids is 1. The molecule has 0 heterocycles. The van der Waals surface area contributed by atoms with Crippen LogP contribution in [0, 0.1) is 11.8 Å². The van der Waals surface area contributed by atoms with E-state index in [9.17, 15) is 4.79 Å². The molecule has 2 unspecified atom stereocenters. The maximum absolute atomic E-state index is 10.3. The molecule has 0 saturated heterocycles. The molecular weight excluding hydrogens is 178 g/mol. The lowest BCUT2D eigenvalue weighted by Gasteiger charge is -2.15. The molecule has 0 spiro atoms. The average Bonchev–Trinajstić information content (AvgIpc) is 2.75. The Labute approximate surface area is 86.1 Å². The van der Waals surface area contributed by atoms with Crippen LogP contribution in [-0.4, -0.2) is 36.1 Å². The number of carboxylic acid groups (broad SMARTS) is 1. The Balaban J connectivity index is 1.92. The molecule has 0 aromatic carbocycles. The van der Waals surface area contributed by atoms with Crippen LogP contribution in [0.15, 0.2) is 0 Å². The second-order valence-electron chi connectivity index (χ2n) is 4.59. The van der Waals surface area contributed by atoms with Gasteiger partial charge in [-0.25, -0.2) is 0 Å². The molecule has 0 aromatic heterocycles. The number of unbranched alkanes of at least 4 members (excludes halogenated alkanes) is 1. The second-order valence-corrected chi connectivity index (χ2v) is 4.59. The van der Waals surface area contributed by atoms with Gasteiger partial charge in [0.1, 0.15) is 0 Å². The van der Waals surface area contributed by atoms with Crippen molar-refractivity contribution in [1.82, 2.24) is 4.90 Å². The first-order valence-corrected chi connectivity index (χ1v) is 5.50. The van der Waals surface area contributed by atoms with Crippen LogP contribution in [0.25, 0.3) is 0 Å². The molecule has 82 valence electrons. The summed E-state index contributed by atoms with van der Waals surface area (Å²) in [6.07, 6.45) is 3.50. The molecule has 1 fully saturated rings. The van der Waals surface area contributed by atoms with Crippen molar-refractivity contribution < 1.29 is 9.90 Å². The molecule has 1 aliphatic carbocycles. The van der Waals surface area contributed by atoms with Gasteiger partial charge in [0.25, 0.3) is 0 Å². The molecule has 3 nitrogen and oxygen atoms in total. The number of carbonyl (C=O) groups is 1. The summed E-state index contributed by atoms with van der Waals surface area (Å²) >= 11 is 0. The number of hydrogen-bond acceptors (Lipinski definition) is 2. The first-order valence-electron chi connectivity index (χ1n) is 5.50. The monoisotopic (exact) mass is 199 g/mol. The summed E-state index contributed by atoms with van der Waals surface area (Å²) in [7, 11) is 2.13. The van der Waals surface area contributed by atoms with Crippen LogP contribution in [0.4, 0.5) is 0 Å². The summed E-state index contributed by atoms with van der Waals surface area (Å²) in [5.41, 5.74) is 0. The highest BCUT2D eigenvalue weighted by Crippen LogP contribution is 2.37. The van der Waals surface area contributed by atoms with Crippen molar-refractivity contribution in [2.75, 3.05) is 20.1 Å². The second kappa shape index (κ2) is 5.35. The highest BCUT2D eigenvalue weighted by molar-refractivity contribution is 5.66. The Kier molecular flexibility index (Phi) is 4.39. The van der Waals surface area contributed by atoms with E-state index in [1.807, 2.05) is 0 Å². The minimum Gasteiger partial charge on any atom is -0.481 e. The number of nitrogens with zero attached hydrogens (tertiary/aromatic N) is 1. The fraction of sp³-hybridized carbons (Fsp3) is 0.909. The molecule has 0 radical (unpaired) electrons. The molecule has 1 rings (SSSR count). The maximum atomic E-state index is 10.3. The molecular formula is C11H21NO2. The van der Waals surface area contributed by atoms with Crippen molar-refractivity contribution in [2.24, 2.45) is 11.8 Å². The topological polar surface area (TPSA) is 40.5 Å². The van der Waals surface area contributed by atoms with Gasteiger partial charge < -0.3 is 10.0 Å². The third-order valence-electron chi connectivity index (χ3n) is 3.00. The summed E-state index contributed by atoms with van der Waals surface area (Å²) in [6.45, 7) is 4.52. The largest absolute Gasteiger partial charge is 0.481 e. The number of hydrogen-bond donors (Lipinski definition) is 1. The fourth-order valence-corrected chi connectivity index (χ4v) is 1.80. The van der Waals surface area contributed by atoms with Crippen molar-refractivity contribution >= 4 is 5.97 Å². The van der Waals surface area contributed by atoms with Crippen LogP contribution in [-0.2, 0) is 4.79 Å². The van der Waals surface area contributed by atoms with Crippen LogP contribution in [0.2, 0.25) is 0 Å². The summed E-state index contributed by atoms with van der Waals surface area (Å²) in [4.78, 5) is 12.6. The maximum Gasteiger partial charge on any atom is 0.303 e. The Morgan fingerprint density at radius 2 is 2.14 bits per heavy atom. The van der Waals surface area contributed by atoms with Gasteiger partial charge in [-0.1, -0.05) is 6.92 Å². The Morgan fingerprint density at radius 3 is 2.64 bits per heavy atom. The number of carboxylic acids is 1. The van der Waals surface area contributed by atoms with Crippen LogP contribution in [0.5, 0.6) is 0 Å². The van der Waals surface area contributed by atoms with Crippen molar-refractivity contribution in [3.05, 3.63) is 0 Å². The normalized spacial score (nSPS) is 25.4. The Morgan fingerprint density at radius 1 is 1.50 bits per heavy atom. The van der Waals surface area contributed by atoms with Crippen LogP contribution < -0.4 is 0 Å². The lowest BCUT2D eigenvalue weighted by atomic mass is 10.2. The van der Waals surface area contributed by atoms with Gasteiger partial charge in [0.2, 0.25) is 0 Å². The lowest BCUT2D eigenvalue weighted by Crippen LogP contribution is -2.22. The third-order valence-corrected chi connectivity index (χ3v) is 3.00. The van der Waals surface area contributed by atoms with Gasteiger partial charge in [-0.3, -0.25) is 4.79 Å². The highest BCUT2D eigenvalue weighted by Gasteiger charge is 2.32. The van der Waals surface area contributed by atoms with Crippen molar-refractivity contribution in [3.8, 4) is 0 Å². The van der Waals surface area contributed by atoms with Gasteiger partial charge in [0.05, 0.1) is 0 Å². The highest BCUT2D eigenvalue weighted by atomic mass is 16.4. The SMILES string of the molecule is CC1CC1CN(C)CCCCC(=O)O. The van der Waals surface area contributed by atoms with Crippen molar-refractivity contribution in [2.45, 2.75) is 32.6 Å². The van der Waals surface area contributed by atoms with Gasteiger partial charge in [-0.2, -0.15) is 0 Å². The Hall–Kier alpha value is -0.570. The minimum absolute atomic E-state index is 0.313. The Bertz CT molecular complexity index is 194. The molecule has 0 amide bonds.